The van der Waals surface area contributed by atoms with Gasteiger partial charge in [0.15, 0.2) is 5.82 Å². The third-order valence-electron chi connectivity index (χ3n) is 3.03. The Morgan fingerprint density at radius 1 is 1.32 bits per heavy atom. The van der Waals surface area contributed by atoms with Crippen LogP contribution in [-0.4, -0.2) is 19.9 Å². The lowest BCUT2D eigenvalue weighted by atomic mass is 10.1. The molecule has 0 aliphatic heterocycles. The molecule has 1 heterocycles. The average molecular weight is 280 g/mol. The Kier molecular flexibility index (Phi) is 4.22. The molecule has 0 aliphatic carbocycles. The molecule has 0 unspecified atom stereocenters. The zero-order valence-corrected chi connectivity index (χ0v) is 12.1. The highest BCUT2D eigenvalue weighted by Crippen LogP contribution is 2.25. The molecule has 0 fully saturated rings. The average Bonchev–Trinajstić information content (AvgIpc) is 2.81. The first-order valence-corrected chi connectivity index (χ1v) is 6.87. The lowest BCUT2D eigenvalue weighted by Gasteiger charge is -2.10. The number of halogens is 1. The van der Waals surface area contributed by atoms with E-state index in [2.05, 4.69) is 10.1 Å². The Balaban J connectivity index is 2.49. The van der Waals surface area contributed by atoms with Gasteiger partial charge in [-0.25, -0.2) is 9.67 Å². The molecule has 1 N–H and O–H groups in total. The lowest BCUT2D eigenvalue weighted by Crippen LogP contribution is -2.04. The van der Waals surface area contributed by atoms with Gasteiger partial charge in [0, 0.05) is 12.8 Å². The first-order chi connectivity index (χ1) is 9.06. The van der Waals surface area contributed by atoms with E-state index < -0.39 is 6.10 Å². The van der Waals surface area contributed by atoms with Gasteiger partial charge in [0.2, 0.25) is 0 Å². The van der Waals surface area contributed by atoms with Crippen molar-refractivity contribution in [3.63, 3.8) is 0 Å². The van der Waals surface area contributed by atoms with E-state index in [0.717, 1.165) is 35.7 Å². The molecule has 0 radical (unpaired) electrons. The Labute approximate surface area is 118 Å². The van der Waals surface area contributed by atoms with Gasteiger partial charge in [-0.3, -0.25) is 0 Å². The van der Waals surface area contributed by atoms with Gasteiger partial charge in [-0.05, 0) is 24.6 Å². The monoisotopic (exact) mass is 279 g/mol. The van der Waals surface area contributed by atoms with Crippen LogP contribution in [0.1, 0.15) is 44.1 Å². The molecular weight excluding hydrogens is 262 g/mol. The van der Waals surface area contributed by atoms with Crippen LogP contribution >= 0.6 is 11.6 Å². The van der Waals surface area contributed by atoms with Gasteiger partial charge < -0.3 is 5.11 Å². The van der Waals surface area contributed by atoms with E-state index in [0.29, 0.717) is 5.02 Å². The minimum atomic E-state index is -0.529. The van der Waals surface area contributed by atoms with Crippen molar-refractivity contribution in [1.29, 1.82) is 0 Å². The minimum absolute atomic E-state index is 0.529. The van der Waals surface area contributed by atoms with Crippen molar-refractivity contribution in [2.45, 2.75) is 39.7 Å². The van der Waals surface area contributed by atoms with Crippen LogP contribution in [0.25, 0.3) is 5.69 Å². The number of hydrogen-bond acceptors (Lipinski definition) is 3. The number of aryl methyl sites for hydroxylation is 2. The first kappa shape index (κ1) is 14.0. The topological polar surface area (TPSA) is 50.9 Å². The second-order valence-corrected chi connectivity index (χ2v) is 4.86. The van der Waals surface area contributed by atoms with Crippen molar-refractivity contribution in [3.8, 4) is 5.69 Å². The maximum Gasteiger partial charge on any atom is 0.151 e. The van der Waals surface area contributed by atoms with Crippen molar-refractivity contribution in [3.05, 3.63) is 40.4 Å². The van der Waals surface area contributed by atoms with Crippen LogP contribution in [0.15, 0.2) is 18.2 Å². The number of aliphatic hydroxyl groups excluding tert-OH is 1. The molecule has 102 valence electrons. The molecule has 4 nitrogen and oxygen atoms in total. The quantitative estimate of drug-likeness (QED) is 0.936. The summed E-state index contributed by atoms with van der Waals surface area (Å²) in [6, 6.07) is 5.50. The zero-order chi connectivity index (χ0) is 14.0. The molecule has 0 saturated heterocycles. The minimum Gasteiger partial charge on any atom is -0.389 e. The van der Waals surface area contributed by atoms with Crippen LogP contribution in [0.3, 0.4) is 0 Å². The van der Waals surface area contributed by atoms with Gasteiger partial charge in [0.05, 0.1) is 16.8 Å². The highest BCUT2D eigenvalue weighted by Gasteiger charge is 2.13. The molecule has 1 atom stereocenters. The predicted molar refractivity (Wildman–Crippen MR) is 75.8 cm³/mol. The smallest absolute Gasteiger partial charge is 0.151 e. The summed E-state index contributed by atoms with van der Waals surface area (Å²) in [6.45, 7) is 5.78. The van der Waals surface area contributed by atoms with Crippen molar-refractivity contribution >= 4 is 11.6 Å². The normalized spacial score (nSPS) is 12.7. The summed E-state index contributed by atoms with van der Waals surface area (Å²) in [4.78, 5) is 4.47. The molecule has 0 spiro atoms. The summed E-state index contributed by atoms with van der Waals surface area (Å²) in [5, 5.41) is 14.6. The molecule has 0 aliphatic rings. The van der Waals surface area contributed by atoms with Crippen molar-refractivity contribution in [2.75, 3.05) is 0 Å². The van der Waals surface area contributed by atoms with E-state index in [1.165, 1.54) is 0 Å². The molecule has 0 saturated carbocycles. The fraction of sp³-hybridized carbons (Fsp3) is 0.429. The maximum atomic E-state index is 9.56. The Hall–Kier alpha value is -1.39. The van der Waals surface area contributed by atoms with E-state index in [1.807, 2.05) is 26.0 Å². The Morgan fingerprint density at radius 2 is 2.05 bits per heavy atom. The predicted octanol–water partition coefficient (Wildman–Crippen LogP) is 3.10. The molecule has 19 heavy (non-hydrogen) atoms. The molecule has 0 bridgehead atoms. The lowest BCUT2D eigenvalue weighted by molar-refractivity contribution is 0.199. The number of aromatic nitrogens is 3. The van der Waals surface area contributed by atoms with Gasteiger partial charge in [-0.2, -0.15) is 5.10 Å². The fourth-order valence-electron chi connectivity index (χ4n) is 1.92. The third-order valence-corrected chi connectivity index (χ3v) is 3.34. The van der Waals surface area contributed by atoms with E-state index in [-0.39, 0.29) is 0 Å². The van der Waals surface area contributed by atoms with Gasteiger partial charge in [-0.1, -0.05) is 31.5 Å². The summed E-state index contributed by atoms with van der Waals surface area (Å²) in [7, 11) is 0. The van der Waals surface area contributed by atoms with Gasteiger partial charge >= 0.3 is 0 Å². The number of aliphatic hydroxyl groups is 1. The van der Waals surface area contributed by atoms with Crippen LogP contribution in [0, 0.1) is 0 Å². The maximum absolute atomic E-state index is 9.56. The second-order valence-electron chi connectivity index (χ2n) is 4.45. The van der Waals surface area contributed by atoms with Crippen LogP contribution in [0.2, 0.25) is 5.02 Å². The first-order valence-electron chi connectivity index (χ1n) is 6.49. The van der Waals surface area contributed by atoms with Crippen LogP contribution in [0.5, 0.6) is 0 Å². The highest BCUT2D eigenvalue weighted by atomic mass is 35.5. The fourth-order valence-corrected chi connectivity index (χ4v) is 2.19. The number of nitrogens with zero attached hydrogens (tertiary/aromatic N) is 3. The van der Waals surface area contributed by atoms with E-state index >= 15 is 0 Å². The largest absolute Gasteiger partial charge is 0.389 e. The molecule has 0 amide bonds. The molecular formula is C14H18ClN3O. The van der Waals surface area contributed by atoms with Gasteiger partial charge in [0.1, 0.15) is 5.82 Å². The SMILES string of the molecule is CCc1nc(CC)n(-c2ccc([C@H](C)O)cc2Cl)n1. The van der Waals surface area contributed by atoms with Crippen molar-refractivity contribution in [1.82, 2.24) is 14.8 Å². The summed E-state index contributed by atoms with van der Waals surface area (Å²) in [5.74, 6) is 1.70. The summed E-state index contributed by atoms with van der Waals surface area (Å²) >= 11 is 6.29. The van der Waals surface area contributed by atoms with Crippen molar-refractivity contribution in [2.24, 2.45) is 0 Å². The number of benzene rings is 1. The number of rotatable bonds is 4. The highest BCUT2D eigenvalue weighted by molar-refractivity contribution is 6.32. The molecule has 2 rings (SSSR count). The van der Waals surface area contributed by atoms with Crippen molar-refractivity contribution < 1.29 is 5.11 Å². The summed E-state index contributed by atoms with van der Waals surface area (Å²) in [6.07, 6.45) is 1.06. The zero-order valence-electron chi connectivity index (χ0n) is 11.4. The molecule has 1 aromatic carbocycles. The van der Waals surface area contributed by atoms with Crippen LogP contribution in [0.4, 0.5) is 0 Å². The van der Waals surface area contributed by atoms with Gasteiger partial charge in [0.25, 0.3) is 0 Å². The molecule has 2 aromatic rings. The van der Waals surface area contributed by atoms with Crippen LogP contribution < -0.4 is 0 Å². The molecule has 1 aromatic heterocycles. The standard InChI is InChI=1S/C14H18ClN3O/c1-4-13-16-14(5-2)18(17-13)12-7-6-10(9(3)19)8-11(12)15/h6-9,19H,4-5H2,1-3H3/t9-/m0/s1. The summed E-state index contributed by atoms with van der Waals surface area (Å²) < 4.78 is 1.78. The molecule has 5 heteroatoms. The Morgan fingerprint density at radius 3 is 2.58 bits per heavy atom. The second kappa shape index (κ2) is 5.72. The van der Waals surface area contributed by atoms with E-state index in [4.69, 9.17) is 11.6 Å². The van der Waals surface area contributed by atoms with Crippen LogP contribution in [-0.2, 0) is 12.8 Å². The van der Waals surface area contributed by atoms with E-state index in [1.54, 1.807) is 17.7 Å². The summed E-state index contributed by atoms with van der Waals surface area (Å²) in [5.41, 5.74) is 1.60. The Bertz CT molecular complexity index is 578. The third kappa shape index (κ3) is 2.80. The number of hydrogen-bond donors (Lipinski definition) is 1. The van der Waals surface area contributed by atoms with Gasteiger partial charge in [-0.15, -0.1) is 0 Å². The van der Waals surface area contributed by atoms with E-state index in [9.17, 15) is 5.11 Å².